The van der Waals surface area contributed by atoms with E-state index < -0.39 is 15.3 Å². The van der Waals surface area contributed by atoms with Gasteiger partial charge in [-0.2, -0.15) is 5.26 Å². The molecule has 1 atom stereocenters. The van der Waals surface area contributed by atoms with Crippen LogP contribution in [0, 0.1) is 22.2 Å². The molecule has 0 heterocycles. The molecule has 1 rings (SSSR count). The summed E-state index contributed by atoms with van der Waals surface area (Å²) in [7, 11) is -3.51. The third kappa shape index (κ3) is 1.85. The van der Waals surface area contributed by atoms with Gasteiger partial charge in [-0.15, -0.1) is 0 Å². The molecule has 0 saturated heterocycles. The van der Waals surface area contributed by atoms with E-state index in [1.54, 1.807) is 6.92 Å². The van der Waals surface area contributed by atoms with Gasteiger partial charge in [0.05, 0.1) is 6.07 Å². The van der Waals surface area contributed by atoms with Crippen molar-refractivity contribution in [1.29, 1.82) is 5.26 Å². The molecule has 0 amide bonds. The summed E-state index contributed by atoms with van der Waals surface area (Å²) in [5.41, 5.74) is -0.0956. The largest absolute Gasteiger partial charge is 0.228 e. The summed E-state index contributed by atoms with van der Waals surface area (Å²) in [6.45, 7) is 9.85. The second-order valence-electron chi connectivity index (χ2n) is 5.57. The average Bonchev–Trinajstić information content (AvgIpc) is 2.49. The number of nitrogens with one attached hydrogen (secondary N) is 1. The van der Waals surface area contributed by atoms with Crippen LogP contribution in [0.25, 0.3) is 0 Å². The third-order valence-electron chi connectivity index (χ3n) is 4.19. The van der Waals surface area contributed by atoms with E-state index in [2.05, 4.69) is 4.72 Å². The summed E-state index contributed by atoms with van der Waals surface area (Å²) in [5, 5.41) is 7.84. The van der Waals surface area contributed by atoms with Crippen LogP contribution >= 0.6 is 0 Å². The van der Waals surface area contributed by atoms with Crippen LogP contribution in [0.1, 0.15) is 41.0 Å². The molecular formula is C11H20N2O2S. The molecule has 1 fully saturated rings. The second-order valence-corrected chi connectivity index (χ2v) is 7.46. The van der Waals surface area contributed by atoms with Gasteiger partial charge in [-0.05, 0) is 17.3 Å². The monoisotopic (exact) mass is 244 g/mol. The van der Waals surface area contributed by atoms with Crippen LogP contribution in [-0.2, 0) is 10.0 Å². The van der Waals surface area contributed by atoms with Gasteiger partial charge in [0, 0.05) is 6.04 Å². The Kier molecular flexibility index (Phi) is 3.12. The minimum Gasteiger partial charge on any atom is -0.211 e. The van der Waals surface area contributed by atoms with E-state index in [-0.39, 0.29) is 16.9 Å². The Morgan fingerprint density at radius 1 is 1.31 bits per heavy atom. The Morgan fingerprint density at radius 2 is 1.75 bits per heavy atom. The molecule has 0 aliphatic heterocycles. The summed E-state index contributed by atoms with van der Waals surface area (Å²) in [4.78, 5) is 0. The van der Waals surface area contributed by atoms with Crippen LogP contribution < -0.4 is 4.72 Å². The minimum atomic E-state index is -3.51. The fraction of sp³-hybridized carbons (Fsp3) is 0.909. The zero-order valence-corrected chi connectivity index (χ0v) is 11.4. The molecule has 0 aromatic heterocycles. The Morgan fingerprint density at radius 3 is 2.00 bits per heavy atom. The maximum atomic E-state index is 11.9. The van der Waals surface area contributed by atoms with Crippen molar-refractivity contribution in [3.63, 3.8) is 0 Å². The van der Waals surface area contributed by atoms with Gasteiger partial charge in [0.15, 0.2) is 5.25 Å². The van der Waals surface area contributed by atoms with Gasteiger partial charge in [-0.25, -0.2) is 13.1 Å². The SMILES string of the molecule is CCC(C#N)S(=O)(=O)NC1C(C)(C)C1(C)C. The predicted octanol–water partition coefficient (Wildman–Crippen LogP) is 1.64. The molecule has 4 nitrogen and oxygen atoms in total. The molecule has 1 aliphatic carbocycles. The molecule has 1 saturated carbocycles. The normalized spacial score (nSPS) is 24.8. The summed E-state index contributed by atoms with van der Waals surface area (Å²) in [6.07, 6.45) is 0.319. The van der Waals surface area contributed by atoms with Crippen LogP contribution in [0.3, 0.4) is 0 Å². The van der Waals surface area contributed by atoms with Crippen molar-refractivity contribution in [3.8, 4) is 6.07 Å². The van der Waals surface area contributed by atoms with Gasteiger partial charge in [-0.3, -0.25) is 0 Å². The highest BCUT2D eigenvalue weighted by atomic mass is 32.2. The zero-order chi connectivity index (χ0) is 12.8. The molecule has 1 unspecified atom stereocenters. The molecule has 1 aliphatic rings. The quantitative estimate of drug-likeness (QED) is 0.817. The first-order chi connectivity index (χ1) is 7.11. The van der Waals surface area contributed by atoms with Crippen LogP contribution in [0.4, 0.5) is 0 Å². The van der Waals surface area contributed by atoms with Gasteiger partial charge in [0.1, 0.15) is 0 Å². The van der Waals surface area contributed by atoms with E-state index in [0.29, 0.717) is 6.42 Å². The van der Waals surface area contributed by atoms with Crippen molar-refractivity contribution in [2.24, 2.45) is 10.8 Å². The highest BCUT2D eigenvalue weighted by Crippen LogP contribution is 2.62. The lowest BCUT2D eigenvalue weighted by molar-refractivity contribution is 0.457. The Balaban J connectivity index is 2.83. The molecule has 5 heteroatoms. The van der Waals surface area contributed by atoms with E-state index in [9.17, 15) is 8.42 Å². The fourth-order valence-electron chi connectivity index (χ4n) is 2.12. The van der Waals surface area contributed by atoms with Crippen molar-refractivity contribution < 1.29 is 8.42 Å². The molecule has 0 aromatic rings. The van der Waals surface area contributed by atoms with Crippen LogP contribution in [-0.4, -0.2) is 19.7 Å². The summed E-state index contributed by atoms with van der Waals surface area (Å²) in [5.74, 6) is 0. The van der Waals surface area contributed by atoms with E-state index in [0.717, 1.165) is 0 Å². The number of rotatable bonds is 4. The lowest BCUT2D eigenvalue weighted by Crippen LogP contribution is -2.37. The molecule has 16 heavy (non-hydrogen) atoms. The number of nitriles is 1. The van der Waals surface area contributed by atoms with Gasteiger partial charge >= 0.3 is 0 Å². The maximum absolute atomic E-state index is 11.9. The Hall–Kier alpha value is -0.600. The fourth-order valence-corrected chi connectivity index (χ4v) is 3.78. The molecule has 0 aromatic carbocycles. The third-order valence-corrected chi connectivity index (χ3v) is 5.94. The first-order valence-corrected chi connectivity index (χ1v) is 7.06. The van der Waals surface area contributed by atoms with E-state index in [1.807, 2.05) is 33.8 Å². The van der Waals surface area contributed by atoms with Gasteiger partial charge < -0.3 is 0 Å². The lowest BCUT2D eigenvalue weighted by Gasteiger charge is -2.11. The van der Waals surface area contributed by atoms with Crippen molar-refractivity contribution >= 4 is 10.0 Å². The van der Waals surface area contributed by atoms with Crippen molar-refractivity contribution in [3.05, 3.63) is 0 Å². The van der Waals surface area contributed by atoms with Crippen molar-refractivity contribution in [2.45, 2.75) is 52.3 Å². The summed E-state index contributed by atoms with van der Waals surface area (Å²) < 4.78 is 26.4. The zero-order valence-electron chi connectivity index (χ0n) is 10.5. The molecule has 1 N–H and O–H groups in total. The molecule has 0 bridgehead atoms. The van der Waals surface area contributed by atoms with Crippen LogP contribution in [0.15, 0.2) is 0 Å². The number of sulfonamides is 1. The van der Waals surface area contributed by atoms with E-state index in [1.165, 1.54) is 0 Å². The Bertz CT molecular complexity index is 404. The Labute approximate surface area is 98.1 Å². The highest BCUT2D eigenvalue weighted by molar-refractivity contribution is 7.90. The first kappa shape index (κ1) is 13.5. The lowest BCUT2D eigenvalue weighted by atomic mass is 10.0. The smallest absolute Gasteiger partial charge is 0.211 e. The van der Waals surface area contributed by atoms with Crippen LogP contribution in [0.2, 0.25) is 0 Å². The number of nitrogens with zero attached hydrogens (tertiary/aromatic N) is 1. The van der Waals surface area contributed by atoms with E-state index >= 15 is 0 Å². The number of hydrogen-bond donors (Lipinski definition) is 1. The highest BCUT2D eigenvalue weighted by Gasteiger charge is 2.66. The van der Waals surface area contributed by atoms with E-state index in [4.69, 9.17) is 5.26 Å². The molecule has 0 radical (unpaired) electrons. The van der Waals surface area contributed by atoms with Gasteiger partial charge in [-0.1, -0.05) is 34.6 Å². The summed E-state index contributed by atoms with van der Waals surface area (Å²) >= 11 is 0. The van der Waals surface area contributed by atoms with Crippen molar-refractivity contribution in [2.75, 3.05) is 0 Å². The number of hydrogen-bond acceptors (Lipinski definition) is 3. The van der Waals surface area contributed by atoms with Crippen LogP contribution in [0.5, 0.6) is 0 Å². The topological polar surface area (TPSA) is 70.0 Å². The maximum Gasteiger partial charge on any atom is 0.228 e. The second kappa shape index (κ2) is 3.71. The van der Waals surface area contributed by atoms with Gasteiger partial charge in [0.25, 0.3) is 0 Å². The predicted molar refractivity (Wildman–Crippen MR) is 63.1 cm³/mol. The summed E-state index contributed by atoms with van der Waals surface area (Å²) in [6, 6.07) is 1.75. The van der Waals surface area contributed by atoms with Crippen molar-refractivity contribution in [1.82, 2.24) is 4.72 Å². The molecule has 92 valence electrons. The first-order valence-electron chi connectivity index (χ1n) is 5.52. The average molecular weight is 244 g/mol. The molecular weight excluding hydrogens is 224 g/mol. The molecule has 0 spiro atoms. The standard InChI is InChI=1S/C11H20N2O2S/c1-6-8(7-12)16(14,15)13-9-10(2,3)11(9,4)5/h8-9,13H,6H2,1-5H3. The minimum absolute atomic E-state index is 0.0478. The van der Waals surface area contributed by atoms with Gasteiger partial charge in [0.2, 0.25) is 10.0 Å².